The van der Waals surface area contributed by atoms with E-state index in [1.807, 2.05) is 0 Å². The van der Waals surface area contributed by atoms with Crippen LogP contribution >= 0.6 is 11.6 Å². The summed E-state index contributed by atoms with van der Waals surface area (Å²) in [5.74, 6) is -1.48. The largest absolute Gasteiger partial charge is 0.452 e. The van der Waals surface area contributed by atoms with Crippen LogP contribution in [-0.2, 0) is 14.3 Å². The van der Waals surface area contributed by atoms with E-state index in [1.165, 1.54) is 43.5 Å². The van der Waals surface area contributed by atoms with Crippen molar-refractivity contribution in [2.24, 2.45) is 0 Å². The third kappa shape index (κ3) is 6.85. The van der Waals surface area contributed by atoms with Crippen molar-refractivity contribution in [3.8, 4) is 0 Å². The molecule has 2 amide bonds. The zero-order valence-corrected chi connectivity index (χ0v) is 16.0. The number of carbonyl (C=O) groups excluding carboxylic acids is 3. The number of non-ortho nitro benzene ring substituents is 1. The number of anilines is 1. The number of nitrogens with one attached hydrogen (secondary N) is 2. The van der Waals surface area contributed by atoms with E-state index in [0.717, 1.165) is 0 Å². The first-order chi connectivity index (χ1) is 13.8. The van der Waals surface area contributed by atoms with Gasteiger partial charge in [-0.3, -0.25) is 24.5 Å². The molecule has 11 heteroatoms. The molecule has 0 fully saturated rings. The van der Waals surface area contributed by atoms with Crippen LogP contribution in [0.2, 0.25) is 5.02 Å². The summed E-state index contributed by atoms with van der Waals surface area (Å²) >= 11 is 5.71. The molecule has 1 heterocycles. The molecule has 29 heavy (non-hydrogen) atoms. The molecule has 0 aliphatic heterocycles. The molecule has 2 rings (SSSR count). The Labute approximate surface area is 170 Å². The number of amides is 2. The molecule has 2 aromatic rings. The van der Waals surface area contributed by atoms with E-state index < -0.39 is 28.8 Å². The molecule has 0 aliphatic rings. The Morgan fingerprint density at radius 2 is 1.90 bits per heavy atom. The molecule has 2 N–H and O–H groups in total. The first-order valence-corrected chi connectivity index (χ1v) is 8.78. The second-order valence-electron chi connectivity index (χ2n) is 5.79. The first-order valence-electron chi connectivity index (χ1n) is 8.41. The summed E-state index contributed by atoms with van der Waals surface area (Å²) in [6.45, 7) is 1.38. The average molecular weight is 421 g/mol. The maximum atomic E-state index is 12.0. The molecule has 1 atom stereocenters. The SMILES string of the molecule is C[C@@H](OC(=O)CCNC(=O)c1ccc([N+](=O)[O-])cc1)C(=O)Nc1ccc(Cl)cn1. The van der Waals surface area contributed by atoms with Crippen molar-refractivity contribution < 1.29 is 24.0 Å². The Hall–Kier alpha value is -3.53. The molecule has 0 aliphatic carbocycles. The standard InChI is InChI=1S/C18H17ClN4O6/c1-11(17(25)22-15-7-4-13(19)10-21-15)29-16(24)8-9-20-18(26)12-2-5-14(6-3-12)23(27)28/h2-7,10-11H,8-9H2,1H3,(H,20,26)(H,21,22,25)/t11-/m1/s1. The van der Waals surface area contributed by atoms with Crippen LogP contribution in [0.4, 0.5) is 11.5 Å². The van der Waals surface area contributed by atoms with Crippen LogP contribution in [0.3, 0.4) is 0 Å². The van der Waals surface area contributed by atoms with Gasteiger partial charge in [0.2, 0.25) is 0 Å². The summed E-state index contributed by atoms with van der Waals surface area (Å²) in [5.41, 5.74) is 0.0818. The van der Waals surface area contributed by atoms with E-state index in [9.17, 15) is 24.5 Å². The fourth-order valence-electron chi connectivity index (χ4n) is 2.10. The van der Waals surface area contributed by atoms with Gasteiger partial charge in [-0.2, -0.15) is 0 Å². The average Bonchev–Trinajstić information content (AvgIpc) is 2.69. The van der Waals surface area contributed by atoms with Crippen LogP contribution in [0.5, 0.6) is 0 Å². The lowest BCUT2D eigenvalue weighted by Gasteiger charge is -2.13. The number of hydrogen-bond acceptors (Lipinski definition) is 7. The Kier molecular flexibility index (Phi) is 7.61. The van der Waals surface area contributed by atoms with Crippen molar-refractivity contribution in [2.75, 3.05) is 11.9 Å². The van der Waals surface area contributed by atoms with Crippen LogP contribution < -0.4 is 10.6 Å². The number of pyridine rings is 1. The zero-order chi connectivity index (χ0) is 21.4. The van der Waals surface area contributed by atoms with Gasteiger partial charge in [-0.15, -0.1) is 0 Å². The monoisotopic (exact) mass is 420 g/mol. The predicted molar refractivity (Wildman–Crippen MR) is 103 cm³/mol. The Bertz CT molecular complexity index is 902. The van der Waals surface area contributed by atoms with Crippen molar-refractivity contribution in [2.45, 2.75) is 19.4 Å². The van der Waals surface area contributed by atoms with E-state index in [-0.39, 0.29) is 30.0 Å². The summed E-state index contributed by atoms with van der Waals surface area (Å²) in [6.07, 6.45) is 0.141. The highest BCUT2D eigenvalue weighted by atomic mass is 35.5. The number of rotatable bonds is 8. The molecule has 0 spiro atoms. The van der Waals surface area contributed by atoms with Gasteiger partial charge in [-0.1, -0.05) is 11.6 Å². The van der Waals surface area contributed by atoms with Crippen LogP contribution in [-0.4, -0.2) is 40.3 Å². The van der Waals surface area contributed by atoms with Crippen LogP contribution in [0.15, 0.2) is 42.6 Å². The van der Waals surface area contributed by atoms with Crippen LogP contribution in [0.1, 0.15) is 23.7 Å². The number of aromatic nitrogens is 1. The minimum atomic E-state index is -1.06. The Morgan fingerprint density at radius 1 is 1.21 bits per heavy atom. The summed E-state index contributed by atoms with van der Waals surface area (Å²) in [4.78, 5) is 49.7. The van der Waals surface area contributed by atoms with Crippen molar-refractivity contribution >= 4 is 40.9 Å². The Balaban J connectivity index is 1.74. The highest BCUT2D eigenvalue weighted by molar-refractivity contribution is 6.30. The minimum absolute atomic E-state index is 0.0261. The molecule has 152 valence electrons. The number of benzene rings is 1. The summed E-state index contributed by atoms with van der Waals surface area (Å²) in [7, 11) is 0. The van der Waals surface area contributed by atoms with Gasteiger partial charge in [0, 0.05) is 30.4 Å². The van der Waals surface area contributed by atoms with E-state index in [4.69, 9.17) is 16.3 Å². The second-order valence-corrected chi connectivity index (χ2v) is 6.23. The van der Waals surface area contributed by atoms with Crippen molar-refractivity contribution in [3.05, 3.63) is 63.3 Å². The zero-order valence-electron chi connectivity index (χ0n) is 15.3. The maximum absolute atomic E-state index is 12.0. The van der Waals surface area contributed by atoms with E-state index >= 15 is 0 Å². The second kappa shape index (κ2) is 10.1. The van der Waals surface area contributed by atoms with Crippen LogP contribution in [0, 0.1) is 10.1 Å². The number of nitro benzene ring substituents is 1. The third-order valence-electron chi connectivity index (χ3n) is 3.61. The lowest BCUT2D eigenvalue weighted by atomic mass is 10.2. The topological polar surface area (TPSA) is 141 Å². The molecule has 0 saturated heterocycles. The molecule has 0 unspecified atom stereocenters. The molecule has 1 aromatic carbocycles. The molecular weight excluding hydrogens is 404 g/mol. The summed E-state index contributed by atoms with van der Waals surface area (Å²) in [5, 5.41) is 16.0. The third-order valence-corrected chi connectivity index (χ3v) is 3.83. The van der Waals surface area contributed by atoms with Gasteiger partial charge in [-0.25, -0.2) is 4.98 Å². The fourth-order valence-corrected chi connectivity index (χ4v) is 2.21. The molecule has 0 saturated carbocycles. The maximum Gasteiger partial charge on any atom is 0.308 e. The quantitative estimate of drug-likeness (QED) is 0.379. The lowest BCUT2D eigenvalue weighted by Crippen LogP contribution is -2.32. The number of hydrogen-bond donors (Lipinski definition) is 2. The van der Waals surface area contributed by atoms with Gasteiger partial charge >= 0.3 is 5.97 Å². The van der Waals surface area contributed by atoms with Crippen molar-refractivity contribution in [1.82, 2.24) is 10.3 Å². The van der Waals surface area contributed by atoms with Gasteiger partial charge in [0.1, 0.15) is 5.82 Å². The van der Waals surface area contributed by atoms with Gasteiger partial charge < -0.3 is 15.4 Å². The van der Waals surface area contributed by atoms with Gasteiger partial charge in [0.25, 0.3) is 17.5 Å². The molecule has 10 nitrogen and oxygen atoms in total. The predicted octanol–water partition coefficient (Wildman–Crippen LogP) is 2.33. The summed E-state index contributed by atoms with van der Waals surface area (Å²) in [6, 6.07) is 8.08. The Morgan fingerprint density at radius 3 is 2.48 bits per heavy atom. The molecule has 1 aromatic heterocycles. The smallest absolute Gasteiger partial charge is 0.308 e. The van der Waals surface area contributed by atoms with Gasteiger partial charge in [0.15, 0.2) is 6.10 Å². The highest BCUT2D eigenvalue weighted by Crippen LogP contribution is 2.12. The minimum Gasteiger partial charge on any atom is -0.452 e. The molecule has 0 radical (unpaired) electrons. The number of esters is 1. The van der Waals surface area contributed by atoms with Gasteiger partial charge in [-0.05, 0) is 31.2 Å². The lowest BCUT2D eigenvalue weighted by molar-refractivity contribution is -0.384. The van der Waals surface area contributed by atoms with Crippen molar-refractivity contribution in [3.63, 3.8) is 0 Å². The van der Waals surface area contributed by atoms with E-state index in [2.05, 4.69) is 15.6 Å². The van der Waals surface area contributed by atoms with Crippen molar-refractivity contribution in [1.29, 1.82) is 0 Å². The molecule has 0 bridgehead atoms. The first kappa shape index (κ1) is 21.8. The highest BCUT2D eigenvalue weighted by Gasteiger charge is 2.18. The van der Waals surface area contributed by atoms with Crippen LogP contribution in [0.25, 0.3) is 0 Å². The number of nitro groups is 1. The number of nitrogens with zero attached hydrogens (tertiary/aromatic N) is 2. The number of halogens is 1. The number of ether oxygens (including phenoxy) is 1. The van der Waals surface area contributed by atoms with Gasteiger partial charge in [0.05, 0.1) is 16.4 Å². The normalized spacial score (nSPS) is 11.2. The number of carbonyl (C=O) groups is 3. The van der Waals surface area contributed by atoms with E-state index in [1.54, 1.807) is 6.07 Å². The van der Waals surface area contributed by atoms with E-state index in [0.29, 0.717) is 5.02 Å². The molecular formula is C18H17ClN4O6. The fraction of sp³-hybridized carbons (Fsp3) is 0.222. The summed E-state index contributed by atoms with van der Waals surface area (Å²) < 4.78 is 5.01.